The SMILES string of the molecule is CCOc1ccc(NS(=O)(=O)c2[nH]ncc2C(=O)Nc2ccc(C)cc2F)cc1. The lowest BCUT2D eigenvalue weighted by Crippen LogP contribution is -2.20. The lowest BCUT2D eigenvalue weighted by molar-refractivity contribution is 0.102. The molecule has 0 aliphatic heterocycles. The normalized spacial score (nSPS) is 11.1. The van der Waals surface area contributed by atoms with Crippen LogP contribution in [0.1, 0.15) is 22.8 Å². The molecule has 0 saturated heterocycles. The van der Waals surface area contributed by atoms with Crippen molar-refractivity contribution in [3.8, 4) is 5.75 Å². The minimum atomic E-state index is -4.14. The fourth-order valence-electron chi connectivity index (χ4n) is 2.54. The van der Waals surface area contributed by atoms with Gasteiger partial charge in [-0.05, 0) is 55.8 Å². The van der Waals surface area contributed by atoms with Gasteiger partial charge in [0.05, 0.1) is 24.1 Å². The molecule has 152 valence electrons. The van der Waals surface area contributed by atoms with Gasteiger partial charge >= 0.3 is 0 Å². The summed E-state index contributed by atoms with van der Waals surface area (Å²) in [6, 6.07) is 10.6. The highest BCUT2D eigenvalue weighted by Crippen LogP contribution is 2.22. The van der Waals surface area contributed by atoms with Gasteiger partial charge in [0.2, 0.25) is 0 Å². The van der Waals surface area contributed by atoms with Crippen molar-refractivity contribution in [2.75, 3.05) is 16.6 Å². The number of hydrogen-bond donors (Lipinski definition) is 3. The quantitative estimate of drug-likeness (QED) is 0.545. The number of H-pyrrole nitrogens is 1. The number of halogens is 1. The Balaban J connectivity index is 1.81. The lowest BCUT2D eigenvalue weighted by Gasteiger charge is -2.10. The molecule has 0 unspecified atom stereocenters. The number of aromatic amines is 1. The maximum atomic E-state index is 14.0. The molecule has 0 fully saturated rings. The first-order valence-corrected chi connectivity index (χ1v) is 10.1. The highest BCUT2D eigenvalue weighted by Gasteiger charge is 2.25. The van der Waals surface area contributed by atoms with E-state index in [1.807, 2.05) is 6.92 Å². The maximum Gasteiger partial charge on any atom is 0.279 e. The molecule has 0 bridgehead atoms. The van der Waals surface area contributed by atoms with Crippen LogP contribution >= 0.6 is 0 Å². The summed E-state index contributed by atoms with van der Waals surface area (Å²) in [6.07, 6.45) is 1.06. The van der Waals surface area contributed by atoms with E-state index in [0.29, 0.717) is 17.9 Å². The number of anilines is 2. The number of ether oxygens (including phenoxy) is 1. The Morgan fingerprint density at radius 3 is 2.59 bits per heavy atom. The highest BCUT2D eigenvalue weighted by molar-refractivity contribution is 7.92. The Bertz CT molecular complexity index is 1130. The van der Waals surface area contributed by atoms with E-state index in [1.165, 1.54) is 24.3 Å². The zero-order valence-corrected chi connectivity index (χ0v) is 16.5. The zero-order valence-electron chi connectivity index (χ0n) is 15.7. The first-order chi connectivity index (χ1) is 13.8. The van der Waals surface area contributed by atoms with Gasteiger partial charge in [-0.2, -0.15) is 13.5 Å². The number of aromatic nitrogens is 2. The molecule has 0 aliphatic carbocycles. The second-order valence-corrected chi connectivity index (χ2v) is 7.73. The molecule has 1 heterocycles. The summed E-state index contributed by atoms with van der Waals surface area (Å²) in [5.41, 5.74) is 0.652. The van der Waals surface area contributed by atoms with Gasteiger partial charge in [0.25, 0.3) is 15.9 Å². The minimum absolute atomic E-state index is 0.0652. The third-order valence-electron chi connectivity index (χ3n) is 3.91. The van der Waals surface area contributed by atoms with Gasteiger partial charge in [-0.3, -0.25) is 14.6 Å². The van der Waals surface area contributed by atoms with Gasteiger partial charge in [-0.25, -0.2) is 4.39 Å². The predicted octanol–water partition coefficient (Wildman–Crippen LogP) is 3.31. The predicted molar refractivity (Wildman–Crippen MR) is 106 cm³/mol. The highest BCUT2D eigenvalue weighted by atomic mass is 32.2. The number of hydrogen-bond acceptors (Lipinski definition) is 5. The summed E-state index contributed by atoms with van der Waals surface area (Å²) in [6.45, 7) is 4.03. The number of amides is 1. The summed E-state index contributed by atoms with van der Waals surface area (Å²) < 4.78 is 47.0. The van der Waals surface area contributed by atoms with Gasteiger partial charge in [-0.1, -0.05) is 6.07 Å². The van der Waals surface area contributed by atoms with Crippen LogP contribution in [0.15, 0.2) is 53.7 Å². The monoisotopic (exact) mass is 418 g/mol. The van der Waals surface area contributed by atoms with Crippen LogP contribution in [0, 0.1) is 12.7 Å². The summed E-state index contributed by atoms with van der Waals surface area (Å²) in [5, 5.41) is 7.88. The van der Waals surface area contributed by atoms with Crippen LogP contribution in [0.3, 0.4) is 0 Å². The fraction of sp³-hybridized carbons (Fsp3) is 0.158. The van der Waals surface area contributed by atoms with E-state index < -0.39 is 26.8 Å². The number of benzene rings is 2. The number of carbonyl (C=O) groups excluding carboxylic acids is 1. The third kappa shape index (κ3) is 4.72. The van der Waals surface area contributed by atoms with Crippen molar-refractivity contribution in [3.63, 3.8) is 0 Å². The van der Waals surface area contributed by atoms with Gasteiger partial charge in [-0.15, -0.1) is 0 Å². The van der Waals surface area contributed by atoms with Crippen LogP contribution < -0.4 is 14.8 Å². The van der Waals surface area contributed by atoms with Crippen molar-refractivity contribution in [3.05, 3.63) is 65.6 Å². The van der Waals surface area contributed by atoms with Crippen LogP contribution in [0.5, 0.6) is 5.75 Å². The van der Waals surface area contributed by atoms with Crippen molar-refractivity contribution in [1.82, 2.24) is 10.2 Å². The van der Waals surface area contributed by atoms with Crippen molar-refractivity contribution in [2.45, 2.75) is 18.9 Å². The molecule has 3 rings (SSSR count). The molecule has 1 aromatic heterocycles. The average molecular weight is 418 g/mol. The molecule has 0 radical (unpaired) electrons. The third-order valence-corrected chi connectivity index (χ3v) is 5.26. The number of nitrogens with one attached hydrogen (secondary N) is 3. The van der Waals surface area contributed by atoms with E-state index in [9.17, 15) is 17.6 Å². The van der Waals surface area contributed by atoms with E-state index in [-0.39, 0.29) is 16.9 Å². The first kappa shape index (κ1) is 20.3. The van der Waals surface area contributed by atoms with E-state index in [4.69, 9.17) is 4.74 Å². The van der Waals surface area contributed by atoms with E-state index in [2.05, 4.69) is 20.2 Å². The second kappa shape index (κ2) is 8.31. The molecule has 10 heteroatoms. The molecular formula is C19H19FN4O4S. The summed E-state index contributed by atoms with van der Waals surface area (Å²) >= 11 is 0. The Labute approximate surface area is 167 Å². The van der Waals surface area contributed by atoms with Gasteiger partial charge in [0, 0.05) is 5.69 Å². The maximum absolute atomic E-state index is 14.0. The van der Waals surface area contributed by atoms with Crippen LogP contribution in [0.25, 0.3) is 0 Å². The number of carbonyl (C=O) groups is 1. The number of aryl methyl sites for hydroxylation is 1. The standard InChI is InChI=1S/C19H19FN4O4S/c1-3-28-14-7-5-13(6-8-14)24-29(26,27)19-15(11-21-23-19)18(25)22-17-9-4-12(2)10-16(17)20/h4-11,24H,3H2,1-2H3,(H,21,23)(H,22,25). The molecule has 0 aliphatic rings. The van der Waals surface area contributed by atoms with Crippen LogP contribution in [-0.4, -0.2) is 31.1 Å². The van der Waals surface area contributed by atoms with E-state index in [1.54, 1.807) is 25.1 Å². The van der Waals surface area contributed by atoms with Gasteiger partial charge < -0.3 is 10.1 Å². The number of sulfonamides is 1. The lowest BCUT2D eigenvalue weighted by atomic mass is 10.2. The number of nitrogens with zero attached hydrogens (tertiary/aromatic N) is 1. The largest absolute Gasteiger partial charge is 0.494 e. The molecule has 8 nitrogen and oxygen atoms in total. The molecule has 29 heavy (non-hydrogen) atoms. The van der Waals surface area contributed by atoms with Crippen molar-refractivity contribution in [1.29, 1.82) is 0 Å². The zero-order chi connectivity index (χ0) is 21.0. The van der Waals surface area contributed by atoms with E-state index in [0.717, 1.165) is 6.20 Å². The smallest absolute Gasteiger partial charge is 0.279 e. The second-order valence-electron chi connectivity index (χ2n) is 6.11. The van der Waals surface area contributed by atoms with Crippen LogP contribution in [-0.2, 0) is 10.0 Å². The van der Waals surface area contributed by atoms with Gasteiger partial charge in [0.1, 0.15) is 11.6 Å². The van der Waals surface area contributed by atoms with Crippen molar-refractivity contribution >= 4 is 27.3 Å². The number of rotatable bonds is 7. The molecule has 3 N–H and O–H groups in total. The Kier molecular flexibility index (Phi) is 5.83. The minimum Gasteiger partial charge on any atom is -0.494 e. The molecule has 1 amide bonds. The molecule has 0 saturated carbocycles. The molecule has 0 spiro atoms. The Morgan fingerprint density at radius 1 is 1.21 bits per heavy atom. The van der Waals surface area contributed by atoms with Crippen LogP contribution in [0.4, 0.5) is 15.8 Å². The van der Waals surface area contributed by atoms with Gasteiger partial charge in [0.15, 0.2) is 5.03 Å². The molecule has 3 aromatic rings. The molecule has 0 atom stereocenters. The van der Waals surface area contributed by atoms with Crippen molar-refractivity contribution in [2.24, 2.45) is 0 Å². The van der Waals surface area contributed by atoms with E-state index >= 15 is 0 Å². The van der Waals surface area contributed by atoms with Crippen molar-refractivity contribution < 1.29 is 22.3 Å². The summed E-state index contributed by atoms with van der Waals surface area (Å²) in [5.74, 6) is -0.843. The Hall–Kier alpha value is -3.40. The topological polar surface area (TPSA) is 113 Å². The first-order valence-electron chi connectivity index (χ1n) is 8.66. The summed E-state index contributed by atoms with van der Waals surface area (Å²) in [4.78, 5) is 12.5. The Morgan fingerprint density at radius 2 is 1.93 bits per heavy atom. The molecule has 2 aromatic carbocycles. The van der Waals surface area contributed by atoms with Crippen LogP contribution in [0.2, 0.25) is 0 Å². The summed E-state index contributed by atoms with van der Waals surface area (Å²) in [7, 11) is -4.14. The average Bonchev–Trinajstić information content (AvgIpc) is 3.17. The fourth-order valence-corrected chi connectivity index (χ4v) is 3.70. The molecular weight excluding hydrogens is 399 g/mol.